The van der Waals surface area contributed by atoms with E-state index in [4.69, 9.17) is 9.90 Å². The molecule has 0 spiro atoms. The van der Waals surface area contributed by atoms with Crippen LogP contribution in [0.1, 0.15) is 37.0 Å². The summed E-state index contributed by atoms with van der Waals surface area (Å²) >= 11 is 3.42. The minimum Gasteiger partial charge on any atom is -0.475 e. The van der Waals surface area contributed by atoms with Crippen LogP contribution >= 0.6 is 15.9 Å². The number of aliphatic carboxylic acids is 1. The number of carbonyl (C=O) groups is 3. The number of amides is 2. The van der Waals surface area contributed by atoms with Gasteiger partial charge in [0.05, 0.1) is 0 Å². The molecule has 180 valence electrons. The van der Waals surface area contributed by atoms with E-state index < -0.39 is 12.1 Å². The van der Waals surface area contributed by atoms with Crippen LogP contribution in [0.5, 0.6) is 0 Å². The first-order chi connectivity index (χ1) is 14.9. The van der Waals surface area contributed by atoms with Crippen LogP contribution < -0.4 is 5.32 Å². The number of nitrogens with one attached hydrogen (secondary N) is 1. The molecule has 1 aliphatic heterocycles. The second kappa shape index (κ2) is 13.4. The van der Waals surface area contributed by atoms with Gasteiger partial charge in [0.1, 0.15) is 0 Å². The van der Waals surface area contributed by atoms with Crippen molar-refractivity contribution in [2.75, 3.05) is 39.3 Å². The summed E-state index contributed by atoms with van der Waals surface area (Å²) in [6.45, 7) is 8.65. The number of halogens is 4. The Kier molecular flexibility index (Phi) is 11.7. The maximum absolute atomic E-state index is 12.9. The van der Waals surface area contributed by atoms with Gasteiger partial charge in [-0.2, -0.15) is 13.2 Å². The van der Waals surface area contributed by atoms with Crippen LogP contribution in [0.2, 0.25) is 0 Å². The molecule has 0 unspecified atom stereocenters. The van der Waals surface area contributed by atoms with E-state index in [9.17, 15) is 22.8 Å². The highest BCUT2D eigenvalue weighted by Crippen LogP contribution is 2.15. The highest BCUT2D eigenvalue weighted by molar-refractivity contribution is 9.10. The Labute approximate surface area is 194 Å². The van der Waals surface area contributed by atoms with Crippen LogP contribution in [0.25, 0.3) is 0 Å². The standard InChI is InChI=1S/C19H28BrN3O2.C2HF3O2/c1-15(2)6-10-23(19(25)16-4-3-5-17(20)14-16)11-7-18(24)22-12-8-21-9-13-22;3-2(4,5)1(6)7/h3-5,14-15,21H,6-13H2,1-2H3;(H,6,7). The molecule has 0 atom stereocenters. The quantitative estimate of drug-likeness (QED) is 0.571. The fourth-order valence-electron chi connectivity index (χ4n) is 2.84. The molecule has 0 saturated carbocycles. The van der Waals surface area contributed by atoms with E-state index in [0.29, 0.717) is 31.0 Å². The smallest absolute Gasteiger partial charge is 0.475 e. The molecule has 1 saturated heterocycles. The number of carboxylic acid groups (broad SMARTS) is 1. The van der Waals surface area contributed by atoms with Gasteiger partial charge in [-0.05, 0) is 30.5 Å². The molecule has 32 heavy (non-hydrogen) atoms. The number of alkyl halides is 3. The fraction of sp³-hybridized carbons (Fsp3) is 0.571. The highest BCUT2D eigenvalue weighted by Gasteiger charge is 2.38. The van der Waals surface area contributed by atoms with Crippen LogP contribution in [0.3, 0.4) is 0 Å². The summed E-state index contributed by atoms with van der Waals surface area (Å²) in [6, 6.07) is 7.43. The van der Waals surface area contributed by atoms with Crippen LogP contribution in [0.4, 0.5) is 13.2 Å². The molecule has 0 bridgehead atoms. The molecule has 0 aromatic heterocycles. The van der Waals surface area contributed by atoms with Gasteiger partial charge in [-0.25, -0.2) is 4.79 Å². The van der Waals surface area contributed by atoms with E-state index in [2.05, 4.69) is 35.1 Å². The summed E-state index contributed by atoms with van der Waals surface area (Å²) in [5.74, 6) is -2.11. The van der Waals surface area contributed by atoms with Crippen molar-refractivity contribution in [3.8, 4) is 0 Å². The Morgan fingerprint density at radius 2 is 1.78 bits per heavy atom. The van der Waals surface area contributed by atoms with Crippen molar-refractivity contribution < 1.29 is 32.7 Å². The third-order valence-electron chi connectivity index (χ3n) is 4.64. The number of nitrogens with zero attached hydrogens (tertiary/aromatic N) is 2. The molecule has 0 aliphatic carbocycles. The number of carboxylic acids is 1. The Morgan fingerprint density at radius 3 is 2.28 bits per heavy atom. The minimum absolute atomic E-state index is 0.00457. The first-order valence-corrected chi connectivity index (χ1v) is 11.0. The van der Waals surface area contributed by atoms with Gasteiger partial charge in [0.15, 0.2) is 0 Å². The first-order valence-electron chi connectivity index (χ1n) is 10.2. The molecule has 1 aliphatic rings. The number of piperazine rings is 1. The fourth-order valence-corrected chi connectivity index (χ4v) is 3.24. The van der Waals surface area contributed by atoms with Crippen LogP contribution in [0.15, 0.2) is 28.7 Å². The van der Waals surface area contributed by atoms with Gasteiger partial charge in [-0.1, -0.05) is 35.8 Å². The maximum Gasteiger partial charge on any atom is 0.490 e. The average molecular weight is 524 g/mol. The molecule has 0 radical (unpaired) electrons. The zero-order chi connectivity index (χ0) is 24.3. The summed E-state index contributed by atoms with van der Waals surface area (Å²) in [4.78, 5) is 37.9. The van der Waals surface area contributed by atoms with Gasteiger partial charge in [0, 0.05) is 55.7 Å². The zero-order valence-corrected chi connectivity index (χ0v) is 19.7. The molecule has 2 rings (SSSR count). The van der Waals surface area contributed by atoms with E-state index in [0.717, 1.165) is 37.1 Å². The second-order valence-electron chi connectivity index (χ2n) is 7.67. The molecule has 1 heterocycles. The molecule has 2 amide bonds. The number of benzene rings is 1. The number of carbonyl (C=O) groups excluding carboxylic acids is 2. The predicted octanol–water partition coefficient (Wildman–Crippen LogP) is 3.39. The Balaban J connectivity index is 0.000000633. The summed E-state index contributed by atoms with van der Waals surface area (Å²) in [6.07, 6.45) is -3.76. The second-order valence-corrected chi connectivity index (χ2v) is 8.58. The van der Waals surface area contributed by atoms with Crippen LogP contribution in [-0.4, -0.2) is 78.1 Å². The summed E-state index contributed by atoms with van der Waals surface area (Å²) in [7, 11) is 0. The van der Waals surface area contributed by atoms with Crippen molar-refractivity contribution in [2.45, 2.75) is 32.9 Å². The van der Waals surface area contributed by atoms with Crippen molar-refractivity contribution in [1.82, 2.24) is 15.1 Å². The lowest BCUT2D eigenvalue weighted by Gasteiger charge is -2.29. The van der Waals surface area contributed by atoms with Crippen LogP contribution in [0, 0.1) is 5.92 Å². The third-order valence-corrected chi connectivity index (χ3v) is 5.14. The zero-order valence-electron chi connectivity index (χ0n) is 18.1. The van der Waals surface area contributed by atoms with Crippen LogP contribution in [-0.2, 0) is 9.59 Å². The van der Waals surface area contributed by atoms with Crippen molar-refractivity contribution >= 4 is 33.7 Å². The minimum atomic E-state index is -5.08. The lowest BCUT2D eigenvalue weighted by Crippen LogP contribution is -2.47. The van der Waals surface area contributed by atoms with Crippen molar-refractivity contribution in [2.24, 2.45) is 5.92 Å². The number of hydrogen-bond acceptors (Lipinski definition) is 4. The van der Waals surface area contributed by atoms with E-state index in [1.165, 1.54) is 0 Å². The Bertz CT molecular complexity index is 769. The average Bonchev–Trinajstić information content (AvgIpc) is 2.73. The molecule has 1 fully saturated rings. The van der Waals surface area contributed by atoms with Crippen molar-refractivity contribution in [3.05, 3.63) is 34.3 Å². The molecule has 1 aromatic rings. The summed E-state index contributed by atoms with van der Waals surface area (Å²) in [5, 5.41) is 10.4. The summed E-state index contributed by atoms with van der Waals surface area (Å²) < 4.78 is 32.6. The van der Waals surface area contributed by atoms with Gasteiger partial charge in [0.2, 0.25) is 5.91 Å². The molecule has 1 aromatic carbocycles. The maximum atomic E-state index is 12.9. The Morgan fingerprint density at radius 1 is 1.19 bits per heavy atom. The molecular weight excluding hydrogens is 495 g/mol. The van der Waals surface area contributed by atoms with Crippen molar-refractivity contribution in [1.29, 1.82) is 0 Å². The van der Waals surface area contributed by atoms with Gasteiger partial charge in [-0.3, -0.25) is 9.59 Å². The molecule has 11 heteroatoms. The highest BCUT2D eigenvalue weighted by atomic mass is 79.9. The lowest BCUT2D eigenvalue weighted by atomic mass is 10.1. The first kappa shape index (κ1) is 27.9. The number of rotatable bonds is 7. The monoisotopic (exact) mass is 523 g/mol. The van der Waals surface area contributed by atoms with Gasteiger partial charge in [0.25, 0.3) is 5.91 Å². The Hall–Kier alpha value is -2.14. The molecule has 2 N–H and O–H groups in total. The van der Waals surface area contributed by atoms with E-state index in [1.54, 1.807) is 0 Å². The van der Waals surface area contributed by atoms with Crippen molar-refractivity contribution in [3.63, 3.8) is 0 Å². The van der Waals surface area contributed by atoms with E-state index in [1.807, 2.05) is 34.1 Å². The lowest BCUT2D eigenvalue weighted by molar-refractivity contribution is -0.192. The largest absolute Gasteiger partial charge is 0.490 e. The topological polar surface area (TPSA) is 90.0 Å². The van der Waals surface area contributed by atoms with Gasteiger partial charge in [-0.15, -0.1) is 0 Å². The normalized spacial score (nSPS) is 13.9. The van der Waals surface area contributed by atoms with E-state index >= 15 is 0 Å². The van der Waals surface area contributed by atoms with Gasteiger partial charge < -0.3 is 20.2 Å². The summed E-state index contributed by atoms with van der Waals surface area (Å²) in [5.41, 5.74) is 0.660. The van der Waals surface area contributed by atoms with E-state index in [-0.39, 0.29) is 11.8 Å². The van der Waals surface area contributed by atoms with Gasteiger partial charge >= 0.3 is 12.1 Å². The number of hydrogen-bond donors (Lipinski definition) is 2. The third kappa shape index (κ3) is 10.4. The molecular formula is C21H29BrF3N3O4. The SMILES string of the molecule is CC(C)CCN(CCC(=O)N1CCNCC1)C(=O)c1cccc(Br)c1.O=C(O)C(F)(F)F. The molecule has 7 nitrogen and oxygen atoms in total. The predicted molar refractivity (Wildman–Crippen MR) is 117 cm³/mol.